The highest BCUT2D eigenvalue weighted by Gasteiger charge is 2.33. The van der Waals surface area contributed by atoms with Crippen LogP contribution in [0.2, 0.25) is 0 Å². The van der Waals surface area contributed by atoms with Crippen molar-refractivity contribution in [3.05, 3.63) is 56.4 Å². The van der Waals surface area contributed by atoms with Crippen molar-refractivity contribution in [1.82, 2.24) is 0 Å². The van der Waals surface area contributed by atoms with Crippen molar-refractivity contribution in [2.75, 3.05) is 11.9 Å². The fraction of sp³-hybridized carbons (Fsp3) is 0.143. The zero-order valence-corrected chi connectivity index (χ0v) is 14.1. The van der Waals surface area contributed by atoms with E-state index in [1.54, 1.807) is 0 Å². The Morgan fingerprint density at radius 1 is 1.27 bits per heavy atom. The van der Waals surface area contributed by atoms with E-state index in [-0.39, 0.29) is 10.4 Å². The van der Waals surface area contributed by atoms with Gasteiger partial charge in [-0.2, -0.15) is 13.2 Å². The number of halogens is 4. The number of hydrogen-bond acceptors (Lipinski definition) is 6. The molecule has 0 fully saturated rings. The molecular formula is C14H8BrF3N2O6. The van der Waals surface area contributed by atoms with Crippen molar-refractivity contribution in [2.24, 2.45) is 0 Å². The maximum atomic E-state index is 12.6. The molecule has 0 bridgehead atoms. The summed E-state index contributed by atoms with van der Waals surface area (Å²) in [6.07, 6.45) is -4.78. The lowest BCUT2D eigenvalue weighted by molar-refractivity contribution is -0.384. The van der Waals surface area contributed by atoms with Crippen molar-refractivity contribution < 1.29 is 36.8 Å². The molecule has 0 radical (unpaired) electrons. The number of furan rings is 1. The van der Waals surface area contributed by atoms with Crippen LogP contribution in [0.25, 0.3) is 0 Å². The Morgan fingerprint density at radius 2 is 1.96 bits per heavy atom. The minimum atomic E-state index is -4.78. The van der Waals surface area contributed by atoms with E-state index in [9.17, 15) is 32.9 Å². The van der Waals surface area contributed by atoms with Crippen LogP contribution in [0.4, 0.5) is 24.5 Å². The molecule has 8 nitrogen and oxygen atoms in total. The molecule has 2 aromatic rings. The van der Waals surface area contributed by atoms with Gasteiger partial charge in [-0.1, -0.05) is 0 Å². The van der Waals surface area contributed by atoms with Crippen LogP contribution in [-0.4, -0.2) is 23.4 Å². The quantitative estimate of drug-likeness (QED) is 0.433. The molecule has 1 N–H and O–H groups in total. The number of amides is 1. The lowest BCUT2D eigenvalue weighted by Gasteiger charge is -2.10. The monoisotopic (exact) mass is 436 g/mol. The molecule has 0 unspecified atom stereocenters. The fourth-order valence-corrected chi connectivity index (χ4v) is 2.08. The van der Waals surface area contributed by atoms with E-state index in [4.69, 9.17) is 4.42 Å². The highest BCUT2D eigenvalue weighted by atomic mass is 79.9. The molecular weight excluding hydrogens is 429 g/mol. The molecule has 1 aromatic heterocycles. The highest BCUT2D eigenvalue weighted by molar-refractivity contribution is 9.10. The molecule has 0 saturated carbocycles. The number of rotatable bonds is 5. The number of nitro groups is 1. The van der Waals surface area contributed by atoms with Gasteiger partial charge in [0.2, 0.25) is 5.76 Å². The van der Waals surface area contributed by atoms with Gasteiger partial charge in [0.15, 0.2) is 11.3 Å². The Hall–Kier alpha value is -2.89. The zero-order chi connectivity index (χ0) is 19.5. The molecule has 0 aliphatic carbocycles. The molecule has 1 amide bonds. The molecule has 12 heteroatoms. The number of nitro benzene ring substituents is 1. The van der Waals surface area contributed by atoms with Crippen molar-refractivity contribution in [3.63, 3.8) is 0 Å². The van der Waals surface area contributed by atoms with Gasteiger partial charge in [0.05, 0.1) is 10.5 Å². The first kappa shape index (κ1) is 19.4. The Kier molecular flexibility index (Phi) is 5.65. The van der Waals surface area contributed by atoms with Crippen LogP contribution in [-0.2, 0) is 15.7 Å². The number of alkyl halides is 3. The summed E-state index contributed by atoms with van der Waals surface area (Å²) in [5, 5.41) is 12.9. The van der Waals surface area contributed by atoms with E-state index in [2.05, 4.69) is 20.7 Å². The number of carbonyl (C=O) groups is 2. The van der Waals surface area contributed by atoms with Crippen molar-refractivity contribution in [3.8, 4) is 0 Å². The predicted octanol–water partition coefficient (Wildman–Crippen LogP) is 3.76. The second-order valence-electron chi connectivity index (χ2n) is 4.71. The average molecular weight is 437 g/mol. The first-order valence-corrected chi connectivity index (χ1v) is 7.45. The third kappa shape index (κ3) is 4.81. The van der Waals surface area contributed by atoms with Crippen LogP contribution >= 0.6 is 15.9 Å². The number of benzene rings is 1. The van der Waals surface area contributed by atoms with Crippen LogP contribution in [0, 0.1) is 10.1 Å². The van der Waals surface area contributed by atoms with Crippen LogP contribution in [0.15, 0.2) is 39.4 Å². The number of ether oxygens (including phenoxy) is 1. The van der Waals surface area contributed by atoms with Gasteiger partial charge in [-0.25, -0.2) is 4.79 Å². The maximum Gasteiger partial charge on any atom is 0.416 e. The first-order valence-electron chi connectivity index (χ1n) is 6.66. The second kappa shape index (κ2) is 7.56. The summed E-state index contributed by atoms with van der Waals surface area (Å²) in [5.41, 5.74) is -2.66. The number of nitrogens with zero attached hydrogens (tertiary/aromatic N) is 1. The summed E-state index contributed by atoms with van der Waals surface area (Å²) < 4.78 is 47.7. The van der Waals surface area contributed by atoms with E-state index in [1.807, 2.05) is 5.32 Å². The normalized spacial score (nSPS) is 11.1. The number of esters is 1. The summed E-state index contributed by atoms with van der Waals surface area (Å²) >= 11 is 2.97. The first-order chi connectivity index (χ1) is 12.1. The molecule has 0 atom stereocenters. The highest BCUT2D eigenvalue weighted by Crippen LogP contribution is 2.34. The van der Waals surface area contributed by atoms with Gasteiger partial charge in [-0.15, -0.1) is 0 Å². The molecule has 138 valence electrons. The van der Waals surface area contributed by atoms with E-state index in [1.165, 1.54) is 12.1 Å². The van der Waals surface area contributed by atoms with Crippen LogP contribution in [0.3, 0.4) is 0 Å². The van der Waals surface area contributed by atoms with Gasteiger partial charge in [-0.3, -0.25) is 14.9 Å². The largest absolute Gasteiger partial charge is 0.450 e. The van der Waals surface area contributed by atoms with Gasteiger partial charge in [0.1, 0.15) is 5.69 Å². The van der Waals surface area contributed by atoms with Crippen molar-refractivity contribution >= 4 is 39.2 Å². The topological polar surface area (TPSA) is 112 Å². The zero-order valence-electron chi connectivity index (χ0n) is 12.5. The molecule has 0 aliphatic heterocycles. The smallest absolute Gasteiger partial charge is 0.416 e. The van der Waals surface area contributed by atoms with Crippen LogP contribution in [0.1, 0.15) is 16.1 Å². The van der Waals surface area contributed by atoms with E-state index in [0.717, 1.165) is 6.07 Å². The van der Waals surface area contributed by atoms with Gasteiger partial charge in [0, 0.05) is 6.07 Å². The minimum absolute atomic E-state index is 0.190. The number of anilines is 1. The molecule has 0 spiro atoms. The second-order valence-corrected chi connectivity index (χ2v) is 5.50. The van der Waals surface area contributed by atoms with E-state index in [0.29, 0.717) is 12.1 Å². The lowest BCUT2D eigenvalue weighted by Crippen LogP contribution is -2.21. The van der Waals surface area contributed by atoms with Crippen molar-refractivity contribution in [2.45, 2.75) is 6.18 Å². The molecule has 1 aromatic carbocycles. The Labute approximate surface area is 151 Å². The number of carbonyl (C=O) groups excluding carboxylic acids is 2. The molecule has 1 heterocycles. The van der Waals surface area contributed by atoms with Gasteiger partial charge in [-0.05, 0) is 40.2 Å². The predicted molar refractivity (Wildman–Crippen MR) is 83.4 cm³/mol. The van der Waals surface area contributed by atoms with Gasteiger partial charge < -0.3 is 14.5 Å². The molecule has 26 heavy (non-hydrogen) atoms. The lowest BCUT2D eigenvalue weighted by atomic mass is 10.1. The van der Waals surface area contributed by atoms with E-state index < -0.39 is 46.5 Å². The average Bonchev–Trinajstić information content (AvgIpc) is 2.98. The summed E-state index contributed by atoms with van der Waals surface area (Å²) in [6.45, 7) is -0.824. The maximum absolute atomic E-state index is 12.6. The number of nitrogens with one attached hydrogen (secondary N) is 1. The Balaban J connectivity index is 2.06. The summed E-state index contributed by atoms with van der Waals surface area (Å²) in [5.74, 6) is -2.13. The third-order valence-electron chi connectivity index (χ3n) is 2.90. The van der Waals surface area contributed by atoms with Crippen LogP contribution in [0.5, 0.6) is 0 Å². The summed E-state index contributed by atoms with van der Waals surface area (Å²) in [6, 6.07) is 4.31. The minimum Gasteiger partial charge on any atom is -0.450 e. The SMILES string of the molecule is O=C(COC(=O)c1ccc(Br)o1)Nc1ccc(C(F)(F)F)cc1[N+](=O)[O-]. The molecule has 0 saturated heterocycles. The number of hydrogen-bond donors (Lipinski definition) is 1. The standard InChI is InChI=1S/C14H8BrF3N2O6/c15-11-4-3-10(26-11)13(22)25-6-12(21)19-8-2-1-7(14(16,17)18)5-9(8)20(23)24/h1-5H,6H2,(H,19,21). The van der Waals surface area contributed by atoms with Crippen LogP contribution < -0.4 is 5.32 Å². The Bertz CT molecular complexity index is 865. The fourth-order valence-electron chi connectivity index (χ4n) is 1.78. The molecule has 0 aliphatic rings. The van der Waals surface area contributed by atoms with Crippen molar-refractivity contribution in [1.29, 1.82) is 0 Å². The van der Waals surface area contributed by atoms with E-state index >= 15 is 0 Å². The van der Waals surface area contributed by atoms with Gasteiger partial charge >= 0.3 is 12.1 Å². The summed E-state index contributed by atoms with van der Waals surface area (Å²) in [7, 11) is 0. The Morgan fingerprint density at radius 3 is 2.50 bits per heavy atom. The van der Waals surface area contributed by atoms with Gasteiger partial charge in [0.25, 0.3) is 11.6 Å². The summed E-state index contributed by atoms with van der Waals surface area (Å²) in [4.78, 5) is 33.2. The molecule has 2 rings (SSSR count). The third-order valence-corrected chi connectivity index (χ3v) is 3.33.